The first-order valence-electron chi connectivity index (χ1n) is 10.7. The van der Waals surface area contributed by atoms with Crippen molar-refractivity contribution in [2.75, 3.05) is 14.2 Å². The molecule has 0 bridgehead atoms. The van der Waals surface area contributed by atoms with Crippen molar-refractivity contribution in [2.24, 2.45) is 5.73 Å². The van der Waals surface area contributed by atoms with Gasteiger partial charge in [0.15, 0.2) is 11.5 Å². The number of halogens is 1. The van der Waals surface area contributed by atoms with Crippen molar-refractivity contribution in [1.29, 1.82) is 5.26 Å². The van der Waals surface area contributed by atoms with Crippen LogP contribution >= 0.6 is 0 Å². The Morgan fingerprint density at radius 1 is 1.12 bits per heavy atom. The topological polar surface area (TPSA) is 99.5 Å². The van der Waals surface area contributed by atoms with E-state index in [1.165, 1.54) is 12.1 Å². The molecule has 34 heavy (non-hydrogen) atoms. The molecule has 0 amide bonds. The number of methoxy groups -OCH3 is 2. The van der Waals surface area contributed by atoms with E-state index < -0.39 is 11.7 Å². The third-order valence-corrected chi connectivity index (χ3v) is 5.97. The molecule has 2 heterocycles. The van der Waals surface area contributed by atoms with Gasteiger partial charge in [-0.25, -0.2) is 4.39 Å². The lowest BCUT2D eigenvalue weighted by molar-refractivity contribution is 0.354. The number of nitriles is 1. The van der Waals surface area contributed by atoms with Gasteiger partial charge in [-0.1, -0.05) is 18.2 Å². The minimum atomic E-state index is -0.755. The van der Waals surface area contributed by atoms with E-state index in [9.17, 15) is 14.4 Å². The molecule has 0 aliphatic carbocycles. The Kier molecular flexibility index (Phi) is 6.28. The smallest absolute Gasteiger partial charge is 0.258 e. The van der Waals surface area contributed by atoms with Gasteiger partial charge in [0, 0.05) is 18.3 Å². The molecule has 0 fully saturated rings. The van der Waals surface area contributed by atoms with Crippen LogP contribution < -0.4 is 25.5 Å². The molecular formula is C26H24FN3O4. The number of hydrogen-bond acceptors (Lipinski definition) is 6. The first-order valence-corrected chi connectivity index (χ1v) is 10.7. The standard InChI is InChI=1S/C26H24FN3O4/c1-15-12-22-24(23(19(14-28)25(29)34-22)17-5-7-18(27)8-6-17)26(31)30(15)11-10-16-4-9-20(32-2)21(13-16)33-3/h4-9,12-13,23H,10-11,29H2,1-3H3/t23-/m0/s1. The van der Waals surface area contributed by atoms with Crippen LogP contribution in [0.2, 0.25) is 0 Å². The number of aromatic nitrogens is 1. The molecule has 174 valence electrons. The highest BCUT2D eigenvalue weighted by Crippen LogP contribution is 2.40. The van der Waals surface area contributed by atoms with E-state index in [0.29, 0.717) is 47.0 Å². The summed E-state index contributed by atoms with van der Waals surface area (Å²) in [5, 5.41) is 9.76. The minimum Gasteiger partial charge on any atom is -0.493 e. The summed E-state index contributed by atoms with van der Waals surface area (Å²) in [4.78, 5) is 13.7. The summed E-state index contributed by atoms with van der Waals surface area (Å²) in [5.41, 5.74) is 8.39. The lowest BCUT2D eigenvalue weighted by Gasteiger charge is -2.27. The maximum atomic E-state index is 13.7. The van der Waals surface area contributed by atoms with Gasteiger partial charge in [-0.2, -0.15) is 5.26 Å². The molecule has 8 heteroatoms. The highest BCUT2D eigenvalue weighted by Gasteiger charge is 2.34. The summed E-state index contributed by atoms with van der Waals surface area (Å²) < 4.78 is 31.5. The normalized spacial score (nSPS) is 14.7. The lowest BCUT2D eigenvalue weighted by atomic mass is 9.84. The van der Waals surface area contributed by atoms with E-state index >= 15 is 0 Å². The molecule has 2 N–H and O–H groups in total. The predicted molar refractivity (Wildman–Crippen MR) is 124 cm³/mol. The summed E-state index contributed by atoms with van der Waals surface area (Å²) in [5.74, 6) is 0.305. The SMILES string of the molecule is COc1ccc(CCn2c(C)cc3c(c2=O)[C@@H](c2ccc(F)cc2)C(C#N)=C(N)O3)cc1OC. The molecule has 1 aliphatic heterocycles. The molecule has 1 aromatic heterocycles. The van der Waals surface area contributed by atoms with Crippen molar-refractivity contribution in [3.8, 4) is 23.3 Å². The number of fused-ring (bicyclic) bond motifs is 1. The van der Waals surface area contributed by atoms with Gasteiger partial charge in [0.2, 0.25) is 5.88 Å². The molecule has 4 rings (SSSR count). The first-order chi connectivity index (χ1) is 16.4. The Morgan fingerprint density at radius 2 is 1.82 bits per heavy atom. The molecule has 1 aliphatic rings. The number of allylic oxidation sites excluding steroid dienone is 1. The molecule has 0 spiro atoms. The van der Waals surface area contributed by atoms with E-state index in [-0.39, 0.29) is 17.0 Å². The van der Waals surface area contributed by atoms with Gasteiger partial charge in [-0.15, -0.1) is 0 Å². The van der Waals surface area contributed by atoms with E-state index in [2.05, 4.69) is 6.07 Å². The van der Waals surface area contributed by atoms with Crippen LogP contribution in [0.5, 0.6) is 17.2 Å². The average molecular weight is 461 g/mol. The highest BCUT2D eigenvalue weighted by atomic mass is 19.1. The van der Waals surface area contributed by atoms with Crippen molar-refractivity contribution in [3.63, 3.8) is 0 Å². The van der Waals surface area contributed by atoms with Gasteiger partial charge < -0.3 is 24.5 Å². The Bertz CT molecular complexity index is 1370. The largest absolute Gasteiger partial charge is 0.493 e. The van der Waals surface area contributed by atoms with E-state index in [1.807, 2.05) is 25.1 Å². The van der Waals surface area contributed by atoms with Crippen LogP contribution in [0, 0.1) is 24.1 Å². The third kappa shape index (κ3) is 4.08. The molecule has 0 unspecified atom stereocenters. The number of nitrogens with two attached hydrogens (primary N) is 1. The van der Waals surface area contributed by atoms with Gasteiger partial charge in [0.05, 0.1) is 25.7 Å². The van der Waals surface area contributed by atoms with Gasteiger partial charge in [-0.3, -0.25) is 4.79 Å². The van der Waals surface area contributed by atoms with Crippen LogP contribution in [0.4, 0.5) is 4.39 Å². The average Bonchev–Trinajstić information content (AvgIpc) is 2.83. The fraction of sp³-hybridized carbons (Fsp3) is 0.231. The zero-order valence-electron chi connectivity index (χ0n) is 19.1. The van der Waals surface area contributed by atoms with Crippen molar-refractivity contribution in [3.05, 3.63) is 98.5 Å². The second-order valence-corrected chi connectivity index (χ2v) is 7.94. The lowest BCUT2D eigenvalue weighted by Crippen LogP contribution is -2.33. The molecular weight excluding hydrogens is 437 g/mol. The number of benzene rings is 2. The van der Waals surface area contributed by atoms with E-state index in [1.54, 1.807) is 37.0 Å². The number of hydrogen-bond donors (Lipinski definition) is 1. The van der Waals surface area contributed by atoms with Crippen LogP contribution in [0.1, 0.15) is 28.3 Å². The molecule has 2 aromatic carbocycles. The monoisotopic (exact) mass is 461 g/mol. The second kappa shape index (κ2) is 9.32. The van der Waals surface area contributed by atoms with Crippen molar-refractivity contribution in [1.82, 2.24) is 4.57 Å². The molecule has 0 saturated carbocycles. The first kappa shape index (κ1) is 22.9. The number of aryl methyl sites for hydroxylation is 2. The van der Waals surface area contributed by atoms with Crippen molar-refractivity contribution in [2.45, 2.75) is 25.8 Å². The van der Waals surface area contributed by atoms with Gasteiger partial charge >= 0.3 is 0 Å². The maximum Gasteiger partial charge on any atom is 0.258 e. The van der Waals surface area contributed by atoms with Gasteiger partial charge in [-0.05, 0) is 48.7 Å². The third-order valence-electron chi connectivity index (χ3n) is 5.97. The molecule has 1 atom stereocenters. The quantitative estimate of drug-likeness (QED) is 0.600. The Balaban J connectivity index is 1.76. The number of ether oxygens (including phenoxy) is 3. The highest BCUT2D eigenvalue weighted by molar-refractivity contribution is 5.55. The van der Waals surface area contributed by atoms with Crippen LogP contribution in [0.3, 0.4) is 0 Å². The summed E-state index contributed by atoms with van der Waals surface area (Å²) in [7, 11) is 3.14. The Hall–Kier alpha value is -4.25. The molecule has 7 nitrogen and oxygen atoms in total. The van der Waals surface area contributed by atoms with E-state index in [0.717, 1.165) is 5.56 Å². The summed E-state index contributed by atoms with van der Waals surface area (Å²) in [6.45, 7) is 2.21. The van der Waals surface area contributed by atoms with Gasteiger partial charge in [0.25, 0.3) is 5.56 Å². The zero-order valence-corrected chi connectivity index (χ0v) is 19.1. The number of pyridine rings is 1. The van der Waals surface area contributed by atoms with Crippen molar-refractivity contribution >= 4 is 0 Å². The summed E-state index contributed by atoms with van der Waals surface area (Å²) >= 11 is 0. The van der Waals surface area contributed by atoms with Crippen LogP contribution in [0.25, 0.3) is 0 Å². The zero-order chi connectivity index (χ0) is 24.4. The Morgan fingerprint density at radius 3 is 2.47 bits per heavy atom. The minimum absolute atomic E-state index is 0.0637. The maximum absolute atomic E-state index is 13.7. The summed E-state index contributed by atoms with van der Waals surface area (Å²) in [6, 6.07) is 15.1. The second-order valence-electron chi connectivity index (χ2n) is 7.94. The molecule has 3 aromatic rings. The fourth-order valence-electron chi connectivity index (χ4n) is 4.23. The molecule has 0 saturated heterocycles. The number of nitrogens with zero attached hydrogens (tertiary/aromatic N) is 2. The van der Waals surface area contributed by atoms with Crippen LogP contribution in [0.15, 0.2) is 64.8 Å². The summed E-state index contributed by atoms with van der Waals surface area (Å²) in [6.07, 6.45) is 0.561. The van der Waals surface area contributed by atoms with Crippen LogP contribution in [-0.4, -0.2) is 18.8 Å². The fourth-order valence-corrected chi connectivity index (χ4v) is 4.23. The molecule has 0 radical (unpaired) electrons. The Labute approximate surface area is 196 Å². The predicted octanol–water partition coefficient (Wildman–Crippen LogP) is 3.77. The number of rotatable bonds is 6. The van der Waals surface area contributed by atoms with Crippen molar-refractivity contribution < 1.29 is 18.6 Å². The van der Waals surface area contributed by atoms with E-state index in [4.69, 9.17) is 19.9 Å². The van der Waals surface area contributed by atoms with Gasteiger partial charge in [0.1, 0.15) is 23.2 Å². The van der Waals surface area contributed by atoms with Crippen LogP contribution in [-0.2, 0) is 13.0 Å².